The summed E-state index contributed by atoms with van der Waals surface area (Å²) >= 11 is 0. The topological polar surface area (TPSA) is 144 Å². The molecule has 27 heavy (non-hydrogen) atoms. The highest BCUT2D eigenvalue weighted by Crippen LogP contribution is 2.34. The number of nitrogens with zero attached hydrogens (tertiary/aromatic N) is 1. The van der Waals surface area contributed by atoms with Gasteiger partial charge in [0.05, 0.1) is 10.6 Å². The first-order chi connectivity index (χ1) is 12.6. The van der Waals surface area contributed by atoms with Gasteiger partial charge in [-0.15, -0.1) is 0 Å². The van der Waals surface area contributed by atoms with Crippen molar-refractivity contribution in [2.24, 2.45) is 0 Å². The van der Waals surface area contributed by atoms with E-state index in [0.717, 1.165) is 24.3 Å². The molecule has 0 radical (unpaired) electrons. The zero-order valence-electron chi connectivity index (χ0n) is 13.5. The number of benzene rings is 3. The van der Waals surface area contributed by atoms with Crippen LogP contribution in [0.4, 0.5) is 11.4 Å². The van der Waals surface area contributed by atoms with Crippen molar-refractivity contribution in [3.05, 3.63) is 60.7 Å². The highest BCUT2D eigenvalue weighted by atomic mass is 32.2. The molecule has 4 N–H and O–H groups in total. The number of hydrazine groups is 1. The van der Waals surface area contributed by atoms with Gasteiger partial charge in [0.2, 0.25) is 0 Å². The van der Waals surface area contributed by atoms with Crippen molar-refractivity contribution in [2.45, 2.75) is 4.90 Å². The van der Waals surface area contributed by atoms with Gasteiger partial charge in [-0.05, 0) is 35.7 Å². The average molecular weight is 410 g/mol. The predicted octanol–water partition coefficient (Wildman–Crippen LogP) is 2.43. The molecule has 0 aliphatic heterocycles. The zero-order valence-corrected chi connectivity index (χ0v) is 15.1. The summed E-state index contributed by atoms with van der Waals surface area (Å²) in [4.78, 5) is -0.449. The van der Waals surface area contributed by atoms with Gasteiger partial charge in [0.15, 0.2) is 0 Å². The SMILES string of the molecule is O=S(=O)(O)c1ccc(N(Nc2c(O)ccc3ccccc23)S(=O)(=O)O)cc1. The zero-order chi connectivity index (χ0) is 19.8. The lowest BCUT2D eigenvalue weighted by Crippen LogP contribution is -2.35. The maximum atomic E-state index is 11.8. The Balaban J connectivity index is 2.10. The van der Waals surface area contributed by atoms with Crippen LogP contribution in [0.25, 0.3) is 10.8 Å². The second-order valence-corrected chi connectivity index (χ2v) is 8.19. The van der Waals surface area contributed by atoms with E-state index in [1.165, 1.54) is 6.07 Å². The lowest BCUT2D eigenvalue weighted by atomic mass is 10.1. The summed E-state index contributed by atoms with van der Waals surface area (Å²) in [5, 5.41) is 11.3. The summed E-state index contributed by atoms with van der Waals surface area (Å²) in [5.74, 6) is -0.267. The molecule has 0 aliphatic rings. The number of nitrogens with one attached hydrogen (secondary N) is 1. The molecular weight excluding hydrogens is 396 g/mol. The Morgan fingerprint density at radius 2 is 1.44 bits per heavy atom. The largest absolute Gasteiger partial charge is 0.506 e. The van der Waals surface area contributed by atoms with Crippen LogP contribution in [0, 0.1) is 0 Å². The van der Waals surface area contributed by atoms with Crippen molar-refractivity contribution >= 4 is 42.6 Å². The van der Waals surface area contributed by atoms with Gasteiger partial charge in [0, 0.05) is 5.39 Å². The third-order valence-corrected chi connectivity index (χ3v) is 5.35. The van der Waals surface area contributed by atoms with Crippen molar-refractivity contribution < 1.29 is 31.0 Å². The Kier molecular flexibility index (Phi) is 4.70. The average Bonchev–Trinajstić information content (AvgIpc) is 2.59. The van der Waals surface area contributed by atoms with E-state index in [1.807, 2.05) is 0 Å². The minimum Gasteiger partial charge on any atom is -0.506 e. The van der Waals surface area contributed by atoms with E-state index >= 15 is 0 Å². The van der Waals surface area contributed by atoms with Crippen LogP contribution < -0.4 is 9.84 Å². The van der Waals surface area contributed by atoms with Crippen molar-refractivity contribution in [2.75, 3.05) is 9.84 Å². The van der Waals surface area contributed by atoms with Crippen LogP contribution in [-0.4, -0.2) is 31.0 Å². The van der Waals surface area contributed by atoms with Crippen molar-refractivity contribution in [3.63, 3.8) is 0 Å². The van der Waals surface area contributed by atoms with E-state index in [-0.39, 0.29) is 17.1 Å². The Labute approximate surface area is 155 Å². The number of phenols is 1. The number of hydrogen-bond donors (Lipinski definition) is 4. The summed E-state index contributed by atoms with van der Waals surface area (Å²) in [7, 11) is -9.32. The van der Waals surface area contributed by atoms with Crippen molar-refractivity contribution in [3.8, 4) is 5.75 Å². The fourth-order valence-electron chi connectivity index (χ4n) is 2.49. The Bertz CT molecular complexity index is 1210. The molecule has 0 aromatic heterocycles. The fraction of sp³-hybridized carbons (Fsp3) is 0. The second-order valence-electron chi connectivity index (χ2n) is 5.50. The molecule has 0 spiro atoms. The fourth-order valence-corrected chi connectivity index (χ4v) is 3.56. The van der Waals surface area contributed by atoms with Gasteiger partial charge in [-0.25, -0.2) is 0 Å². The molecule has 3 aromatic rings. The Hall–Kier alpha value is -2.86. The van der Waals surface area contributed by atoms with Gasteiger partial charge >= 0.3 is 10.3 Å². The first kappa shape index (κ1) is 18.9. The first-order valence-corrected chi connectivity index (χ1v) is 10.2. The van der Waals surface area contributed by atoms with E-state index in [2.05, 4.69) is 5.43 Å². The number of aromatic hydroxyl groups is 1. The molecule has 0 heterocycles. The monoisotopic (exact) mass is 410 g/mol. The number of phenolic OH excluding ortho intramolecular Hbond substituents is 1. The van der Waals surface area contributed by atoms with Gasteiger partial charge in [0.25, 0.3) is 10.1 Å². The van der Waals surface area contributed by atoms with Gasteiger partial charge < -0.3 is 5.11 Å². The number of rotatable bonds is 5. The molecule has 3 rings (SSSR count). The van der Waals surface area contributed by atoms with Crippen LogP contribution in [0.1, 0.15) is 0 Å². The molecule has 0 amide bonds. The van der Waals surface area contributed by atoms with Crippen molar-refractivity contribution in [1.29, 1.82) is 0 Å². The maximum absolute atomic E-state index is 11.8. The van der Waals surface area contributed by atoms with E-state index < -0.39 is 25.3 Å². The smallest absolute Gasteiger partial charge is 0.377 e. The van der Waals surface area contributed by atoms with E-state index in [4.69, 9.17) is 4.55 Å². The molecule has 0 aliphatic carbocycles. The third kappa shape index (κ3) is 3.95. The lowest BCUT2D eigenvalue weighted by Gasteiger charge is -2.24. The molecular formula is C16H14N2O7S2. The molecule has 3 aromatic carbocycles. The quantitative estimate of drug-likeness (QED) is 0.285. The van der Waals surface area contributed by atoms with Gasteiger partial charge in [0.1, 0.15) is 11.4 Å². The molecule has 0 fully saturated rings. The summed E-state index contributed by atoms with van der Waals surface area (Å²) in [5.41, 5.74) is 2.30. The van der Waals surface area contributed by atoms with E-state index in [0.29, 0.717) is 15.2 Å². The van der Waals surface area contributed by atoms with Crippen molar-refractivity contribution in [1.82, 2.24) is 0 Å². The summed E-state index contributed by atoms with van der Waals surface area (Å²) in [6.45, 7) is 0. The number of hydrogen-bond acceptors (Lipinski definition) is 6. The molecule has 0 atom stereocenters. The normalized spacial score (nSPS) is 12.1. The maximum Gasteiger partial charge on any atom is 0.377 e. The van der Waals surface area contributed by atoms with Gasteiger partial charge in [-0.2, -0.15) is 21.2 Å². The highest BCUT2D eigenvalue weighted by Gasteiger charge is 2.23. The van der Waals surface area contributed by atoms with Crippen LogP contribution >= 0.6 is 0 Å². The first-order valence-electron chi connectivity index (χ1n) is 7.40. The minimum absolute atomic E-state index is 0.0181. The molecule has 0 saturated carbocycles. The Morgan fingerprint density at radius 1 is 0.815 bits per heavy atom. The molecule has 0 unspecified atom stereocenters. The number of anilines is 2. The van der Waals surface area contributed by atoms with Crippen LogP contribution in [0.2, 0.25) is 0 Å². The Morgan fingerprint density at radius 3 is 2.04 bits per heavy atom. The van der Waals surface area contributed by atoms with E-state index in [9.17, 15) is 26.5 Å². The predicted molar refractivity (Wildman–Crippen MR) is 99.5 cm³/mol. The van der Waals surface area contributed by atoms with Crippen LogP contribution in [-0.2, 0) is 20.4 Å². The lowest BCUT2D eigenvalue weighted by molar-refractivity contribution is 0.475. The minimum atomic E-state index is -4.85. The van der Waals surface area contributed by atoms with Crippen LogP contribution in [0.3, 0.4) is 0 Å². The van der Waals surface area contributed by atoms with Gasteiger partial charge in [-0.1, -0.05) is 30.3 Å². The summed E-state index contributed by atoms with van der Waals surface area (Å²) in [6, 6.07) is 13.9. The second kappa shape index (κ2) is 6.70. The molecule has 0 saturated heterocycles. The summed E-state index contributed by atoms with van der Waals surface area (Å²) < 4.78 is 64.9. The standard InChI is InChI=1S/C16H14N2O7S2/c19-15-10-5-11-3-1-2-4-14(11)16(15)17-18(27(23,24)25)12-6-8-13(9-7-12)26(20,21)22/h1-10,17,19H,(H,20,21,22)(H,23,24,25). The molecule has 11 heteroatoms. The molecule has 142 valence electrons. The van der Waals surface area contributed by atoms with E-state index in [1.54, 1.807) is 30.3 Å². The summed E-state index contributed by atoms with van der Waals surface area (Å²) in [6.07, 6.45) is 0. The molecule has 0 bridgehead atoms. The molecule has 9 nitrogen and oxygen atoms in total. The number of fused-ring (bicyclic) bond motifs is 1. The van der Waals surface area contributed by atoms with Crippen LogP contribution in [0.15, 0.2) is 65.6 Å². The van der Waals surface area contributed by atoms with Crippen LogP contribution in [0.5, 0.6) is 5.75 Å². The van der Waals surface area contributed by atoms with Gasteiger partial charge in [-0.3, -0.25) is 14.5 Å². The highest BCUT2D eigenvalue weighted by molar-refractivity contribution is 7.87. The third-order valence-electron chi connectivity index (χ3n) is 3.72.